The maximum Gasteiger partial charge on any atom is 0.444 e. The van der Waals surface area contributed by atoms with Crippen LogP contribution in [0.1, 0.15) is 41.5 Å². The van der Waals surface area contributed by atoms with Gasteiger partial charge in [0.15, 0.2) is 0 Å². The Balaban J connectivity index is 2.86. The lowest BCUT2D eigenvalue weighted by Crippen LogP contribution is -2.42. The zero-order chi connectivity index (χ0) is 18.8. The highest BCUT2D eigenvalue weighted by molar-refractivity contribution is 8.15. The maximum atomic E-state index is 12.0. The van der Waals surface area contributed by atoms with Crippen LogP contribution in [0, 0.1) is 5.41 Å². The van der Waals surface area contributed by atoms with E-state index in [2.05, 4.69) is 19.3 Å². The summed E-state index contributed by atoms with van der Waals surface area (Å²) in [7, 11) is 1.58. The number of carbonyl (C=O) groups is 1. The van der Waals surface area contributed by atoms with Crippen molar-refractivity contribution < 1.29 is 18.7 Å². The van der Waals surface area contributed by atoms with E-state index in [1.807, 2.05) is 24.8 Å². The Hall–Kier alpha value is 0.0400. The van der Waals surface area contributed by atoms with E-state index in [4.69, 9.17) is 37.9 Å². The van der Waals surface area contributed by atoms with Crippen LogP contribution in [-0.4, -0.2) is 45.3 Å². The summed E-state index contributed by atoms with van der Waals surface area (Å²) in [6, 6.07) is 0. The summed E-state index contributed by atoms with van der Waals surface area (Å²) in [6.07, 6.45) is -0.600. The highest BCUT2D eigenvalue weighted by Gasteiger charge is 2.44. The third-order valence-corrected chi connectivity index (χ3v) is 8.20. The largest absolute Gasteiger partial charge is 0.444 e. The minimum Gasteiger partial charge on any atom is -0.323 e. The van der Waals surface area contributed by atoms with E-state index < -0.39 is 12.7 Å². The Morgan fingerprint density at radius 2 is 1.83 bits per heavy atom. The van der Waals surface area contributed by atoms with E-state index in [0.29, 0.717) is 18.2 Å². The number of thiocarbonyl (C=S) groups is 1. The van der Waals surface area contributed by atoms with Crippen molar-refractivity contribution in [2.75, 3.05) is 20.3 Å². The molecule has 1 rings (SSSR count). The molecule has 0 unspecified atom stereocenters. The van der Waals surface area contributed by atoms with Gasteiger partial charge in [-0.2, -0.15) is 4.08 Å². The van der Waals surface area contributed by atoms with Crippen molar-refractivity contribution in [2.24, 2.45) is 5.41 Å². The summed E-state index contributed by atoms with van der Waals surface area (Å²) >= 11 is 11.6. The van der Waals surface area contributed by atoms with Crippen LogP contribution in [0.4, 0.5) is 4.79 Å². The third kappa shape index (κ3) is 6.40. The molecular weight excluding hydrogens is 389 g/mol. The van der Waals surface area contributed by atoms with Gasteiger partial charge in [0.1, 0.15) is 4.99 Å². The highest BCUT2D eigenvalue weighted by atomic mass is 32.5. The van der Waals surface area contributed by atoms with Crippen molar-refractivity contribution in [1.82, 2.24) is 13.9 Å². The molecule has 1 amide bonds. The van der Waals surface area contributed by atoms with Crippen LogP contribution in [0.25, 0.3) is 0 Å². The number of hydroxylamine groups is 1. The van der Waals surface area contributed by atoms with Crippen molar-refractivity contribution in [1.29, 1.82) is 0 Å². The minimum absolute atomic E-state index is 0.0812. The molecule has 140 valence electrons. The molecule has 0 aromatic rings. The molecule has 7 nitrogen and oxygen atoms in total. The van der Waals surface area contributed by atoms with Gasteiger partial charge in [0.05, 0.1) is 25.3 Å². The van der Waals surface area contributed by atoms with Gasteiger partial charge in [-0.1, -0.05) is 26.1 Å². The van der Waals surface area contributed by atoms with Gasteiger partial charge in [-0.25, -0.2) is 14.6 Å². The molecular formula is C13H26N3O4PS3. The van der Waals surface area contributed by atoms with Crippen molar-refractivity contribution in [3.8, 4) is 0 Å². The first-order valence-electron chi connectivity index (χ1n) is 7.36. The standard InChI is InChI=1S/C13H26N3O4PS3/c1-10(22)14-20-11(17)15(7)24-16(12(2,3)4)21(23)18-8-13(5,6)9-19-21/h8-9H2,1-7H3,(H,14,22). The minimum atomic E-state index is -2.72. The van der Waals surface area contributed by atoms with Gasteiger partial charge in [-0.3, -0.25) is 0 Å². The molecule has 11 heteroatoms. The molecule has 1 heterocycles. The highest BCUT2D eigenvalue weighted by Crippen LogP contribution is 2.62. The molecule has 0 aliphatic carbocycles. The summed E-state index contributed by atoms with van der Waals surface area (Å²) < 4.78 is 15.0. The second kappa shape index (κ2) is 8.16. The van der Waals surface area contributed by atoms with E-state index in [9.17, 15) is 4.79 Å². The molecule has 0 atom stereocenters. The number of amides is 1. The van der Waals surface area contributed by atoms with Gasteiger partial charge in [0.2, 0.25) is 0 Å². The summed E-state index contributed by atoms with van der Waals surface area (Å²) in [6.45, 7) is 9.99. The number of carbonyl (C=O) groups excluding carboxylic acids is 1. The Morgan fingerprint density at radius 3 is 2.25 bits per heavy atom. The predicted molar refractivity (Wildman–Crippen MR) is 105 cm³/mol. The first-order valence-corrected chi connectivity index (χ1v) is 11.1. The van der Waals surface area contributed by atoms with E-state index in [-0.39, 0.29) is 11.0 Å². The Bertz CT molecular complexity index is 525. The fourth-order valence-electron chi connectivity index (χ4n) is 1.56. The normalized spacial score (nSPS) is 19.7. The summed E-state index contributed by atoms with van der Waals surface area (Å²) in [4.78, 5) is 17.3. The van der Waals surface area contributed by atoms with Crippen LogP contribution >= 0.6 is 31.0 Å². The van der Waals surface area contributed by atoms with Gasteiger partial charge < -0.3 is 13.9 Å². The van der Waals surface area contributed by atoms with Crippen molar-refractivity contribution >= 4 is 53.9 Å². The van der Waals surface area contributed by atoms with Gasteiger partial charge in [0.25, 0.3) is 6.64 Å². The number of nitrogens with zero attached hydrogens (tertiary/aromatic N) is 2. The molecule has 1 aliphatic rings. The second-order valence-electron chi connectivity index (χ2n) is 7.23. The van der Waals surface area contributed by atoms with Crippen LogP contribution in [-0.2, 0) is 25.7 Å². The monoisotopic (exact) mass is 415 g/mol. The quantitative estimate of drug-likeness (QED) is 0.320. The molecule has 1 N–H and O–H groups in total. The van der Waals surface area contributed by atoms with Crippen LogP contribution in [0.5, 0.6) is 0 Å². The fourth-order valence-corrected chi connectivity index (χ4v) is 6.52. The molecule has 0 radical (unpaired) electrons. The summed E-state index contributed by atoms with van der Waals surface area (Å²) in [5.74, 6) is 0. The Morgan fingerprint density at radius 1 is 1.33 bits per heavy atom. The van der Waals surface area contributed by atoms with Gasteiger partial charge >= 0.3 is 6.09 Å². The maximum absolute atomic E-state index is 12.0. The lowest BCUT2D eigenvalue weighted by molar-refractivity contribution is 0.0448. The molecule has 1 saturated heterocycles. The summed E-state index contributed by atoms with van der Waals surface area (Å²) in [5.41, 5.74) is 1.90. The average molecular weight is 416 g/mol. The van der Waals surface area contributed by atoms with Crippen LogP contribution in [0.2, 0.25) is 0 Å². The van der Waals surface area contributed by atoms with Crippen LogP contribution < -0.4 is 5.48 Å². The van der Waals surface area contributed by atoms with E-state index in [1.165, 1.54) is 4.31 Å². The van der Waals surface area contributed by atoms with Gasteiger partial charge in [-0.05, 0) is 39.5 Å². The number of rotatable bonds is 3. The van der Waals surface area contributed by atoms with Gasteiger partial charge in [-0.15, -0.1) is 0 Å². The predicted octanol–water partition coefficient (Wildman–Crippen LogP) is 3.87. The molecule has 1 fully saturated rings. The van der Waals surface area contributed by atoms with Crippen molar-refractivity contribution in [3.05, 3.63) is 0 Å². The van der Waals surface area contributed by atoms with Crippen molar-refractivity contribution in [3.63, 3.8) is 0 Å². The van der Waals surface area contributed by atoms with E-state index in [1.54, 1.807) is 14.0 Å². The lowest BCUT2D eigenvalue weighted by Gasteiger charge is -2.46. The van der Waals surface area contributed by atoms with Crippen molar-refractivity contribution in [2.45, 2.75) is 47.1 Å². The zero-order valence-corrected chi connectivity index (χ0v) is 18.5. The van der Waals surface area contributed by atoms with E-state index >= 15 is 0 Å². The molecule has 1 aliphatic heterocycles. The number of hydrogen-bond acceptors (Lipinski definition) is 7. The smallest absolute Gasteiger partial charge is 0.323 e. The molecule has 0 spiro atoms. The zero-order valence-electron chi connectivity index (χ0n) is 15.1. The third-order valence-electron chi connectivity index (χ3n) is 2.77. The average Bonchev–Trinajstić information content (AvgIpc) is 2.44. The Labute approximate surface area is 159 Å². The molecule has 0 aromatic carbocycles. The van der Waals surface area contributed by atoms with Gasteiger partial charge in [0, 0.05) is 18.0 Å². The van der Waals surface area contributed by atoms with Crippen LogP contribution in [0.15, 0.2) is 0 Å². The topological polar surface area (TPSA) is 63.3 Å². The second-order valence-corrected chi connectivity index (χ2v) is 12.4. The summed E-state index contributed by atoms with van der Waals surface area (Å²) in [5, 5.41) is 0. The Kier molecular flexibility index (Phi) is 7.51. The van der Waals surface area contributed by atoms with E-state index in [0.717, 1.165) is 12.1 Å². The number of nitrogens with one attached hydrogen (secondary N) is 1. The molecule has 0 saturated carbocycles. The lowest BCUT2D eigenvalue weighted by atomic mass is 9.97. The van der Waals surface area contributed by atoms with Crippen LogP contribution in [0.3, 0.4) is 0 Å². The first kappa shape index (κ1) is 22.1. The SMILES string of the molecule is CC(=S)NOC(=O)N(C)SN(C(C)(C)C)P1(=S)OCC(C)(C)CO1. The molecule has 0 aromatic heterocycles. The molecule has 0 bridgehead atoms. The fraction of sp³-hybridized carbons (Fsp3) is 0.846. The first-order chi connectivity index (χ1) is 10.8. The molecule has 24 heavy (non-hydrogen) atoms. The number of hydrogen-bond donors (Lipinski definition) is 1.